The highest BCUT2D eigenvalue weighted by molar-refractivity contribution is 6.71. The molecule has 0 spiro atoms. The Morgan fingerprint density at radius 3 is 1.35 bits per heavy atom. The van der Waals surface area contributed by atoms with Crippen LogP contribution in [0.4, 0.5) is 17.1 Å². The molecule has 2 aliphatic carbocycles. The van der Waals surface area contributed by atoms with Crippen LogP contribution in [-0.4, -0.2) is 78.5 Å². The predicted octanol–water partition coefficient (Wildman–Crippen LogP) is -1.14. The molecule has 6 aromatic carbocycles. The Morgan fingerprint density at radius 2 is 0.804 bits per heavy atom. The second-order valence-electron chi connectivity index (χ2n) is 14.8. The van der Waals surface area contributed by atoms with Crippen molar-refractivity contribution in [3.63, 3.8) is 0 Å². The van der Waals surface area contributed by atoms with Crippen LogP contribution in [0.1, 0.15) is 49.9 Å². The van der Waals surface area contributed by atoms with Crippen LogP contribution in [0, 0.1) is 0 Å². The molecule has 20 radical (unpaired) electrons. The van der Waals surface area contributed by atoms with E-state index >= 15 is 0 Å². The molecule has 0 aromatic heterocycles. The van der Waals surface area contributed by atoms with E-state index in [-0.39, 0.29) is 71.4 Å². The smallest absolute Gasteiger partial charge is 0.115 e. The van der Waals surface area contributed by atoms with Crippen molar-refractivity contribution in [2.45, 2.75) is 38.5 Å². The summed E-state index contributed by atoms with van der Waals surface area (Å²) < 4.78 is 0. The van der Waals surface area contributed by atoms with Gasteiger partial charge in [0.25, 0.3) is 0 Å². The Balaban J connectivity index is 1.51. The van der Waals surface area contributed by atoms with Gasteiger partial charge in [0.1, 0.15) is 78.5 Å². The number of anilines is 3. The first-order valence-electron chi connectivity index (χ1n) is 16.7. The van der Waals surface area contributed by atoms with E-state index in [1.54, 1.807) is 4.90 Å². The van der Waals surface area contributed by atoms with Crippen LogP contribution in [-0.2, 0) is 10.8 Å². The third-order valence-corrected chi connectivity index (χ3v) is 11.4. The lowest BCUT2D eigenvalue weighted by atomic mass is 9.60. The average Bonchev–Trinajstić information content (AvgIpc) is 3.48. The zero-order chi connectivity index (χ0) is 36.6. The highest BCUT2D eigenvalue weighted by Gasteiger charge is 2.43. The summed E-state index contributed by atoms with van der Waals surface area (Å²) in [4.78, 5) is 1.74. The van der Waals surface area contributed by atoms with Gasteiger partial charge in [-0.25, -0.2) is 0 Å². The van der Waals surface area contributed by atoms with Crippen molar-refractivity contribution in [2.24, 2.45) is 0 Å². The molecular formula is C40H23B10N. The molecule has 11 heteroatoms. The van der Waals surface area contributed by atoms with Crippen LogP contribution in [0.5, 0.6) is 0 Å². The van der Waals surface area contributed by atoms with Gasteiger partial charge in [0.05, 0.1) is 5.69 Å². The third kappa shape index (κ3) is 4.42. The van der Waals surface area contributed by atoms with E-state index in [2.05, 4.69) is 76.2 Å². The van der Waals surface area contributed by atoms with E-state index in [0.29, 0.717) is 5.69 Å². The largest absolute Gasteiger partial charge is 0.312 e. The number of nitrogens with zero attached hydrogens (tertiary/aromatic N) is 1. The number of hydrogen-bond donors (Lipinski definition) is 0. The maximum absolute atomic E-state index is 6.78. The minimum absolute atomic E-state index is 0.0610. The molecule has 218 valence electrons. The molecule has 0 N–H and O–H groups in total. The summed E-state index contributed by atoms with van der Waals surface area (Å²) in [6, 6.07) is 23.7. The summed E-state index contributed by atoms with van der Waals surface area (Å²) >= 11 is 0. The minimum Gasteiger partial charge on any atom is -0.312 e. The number of hydrogen-bond acceptors (Lipinski definition) is 1. The van der Waals surface area contributed by atoms with E-state index in [9.17, 15) is 0 Å². The molecule has 1 nitrogen and oxygen atoms in total. The lowest BCUT2D eigenvalue weighted by molar-refractivity contribution is 0.652. The fourth-order valence-electron chi connectivity index (χ4n) is 8.45. The fourth-order valence-corrected chi connectivity index (χ4v) is 8.45. The van der Waals surface area contributed by atoms with Crippen molar-refractivity contribution >= 4 is 161 Å². The van der Waals surface area contributed by atoms with Gasteiger partial charge in [-0.15, -0.1) is 32.8 Å². The molecule has 6 aromatic rings. The summed E-state index contributed by atoms with van der Waals surface area (Å²) in [5, 5.41) is 1.85. The topological polar surface area (TPSA) is 3.24 Å². The molecule has 0 fully saturated rings. The van der Waals surface area contributed by atoms with Crippen LogP contribution in [0.3, 0.4) is 0 Å². The van der Waals surface area contributed by atoms with Crippen molar-refractivity contribution < 1.29 is 0 Å². The molecule has 0 aliphatic heterocycles. The summed E-state index contributed by atoms with van der Waals surface area (Å²) in [6.07, 6.45) is 0. The average molecular weight is 626 g/mol. The van der Waals surface area contributed by atoms with Crippen LogP contribution in [0.2, 0.25) is 0 Å². The molecule has 51 heavy (non-hydrogen) atoms. The molecule has 0 atom stereocenters. The van der Waals surface area contributed by atoms with Gasteiger partial charge in [-0.2, -0.15) is 0 Å². The Labute approximate surface area is 314 Å². The predicted molar refractivity (Wildman–Crippen MR) is 228 cm³/mol. The Hall–Kier alpha value is -3.97. The van der Waals surface area contributed by atoms with Crippen molar-refractivity contribution in [1.82, 2.24) is 0 Å². The van der Waals surface area contributed by atoms with E-state index < -0.39 is 5.41 Å². The van der Waals surface area contributed by atoms with Crippen LogP contribution >= 0.6 is 0 Å². The van der Waals surface area contributed by atoms with Gasteiger partial charge in [-0.3, -0.25) is 0 Å². The molecule has 0 unspecified atom stereocenters. The van der Waals surface area contributed by atoms with Gasteiger partial charge in [-0.1, -0.05) is 98.1 Å². The third-order valence-electron chi connectivity index (χ3n) is 11.4. The van der Waals surface area contributed by atoms with Crippen molar-refractivity contribution in [1.29, 1.82) is 0 Å². The first-order valence-corrected chi connectivity index (χ1v) is 16.7. The summed E-state index contributed by atoms with van der Waals surface area (Å²) in [5.41, 5.74) is 10.9. The highest BCUT2D eigenvalue weighted by Crippen LogP contribution is 2.58. The standard InChI is InChI=1S/C40H23B10N/c1-39(2)21-12-8-7-9-16(21)19-13-23-20(14-22(19)39)26-18-11-6-5-10-17(18)25(15-24(26)40(23,3)4)51(37-33(47)29(43)27(41)30(44)34(37)48)38-35(49)31(45)28(42)32(46)36(38)50/h5-15H,1-4H3. The number of rotatable bonds is 3. The monoisotopic (exact) mass is 627 g/mol. The molecule has 2 aliphatic rings. The number of benzene rings is 6. The highest BCUT2D eigenvalue weighted by atomic mass is 15.2. The molecule has 0 saturated carbocycles. The molecule has 0 heterocycles. The molecule has 8 rings (SSSR count). The van der Waals surface area contributed by atoms with Gasteiger partial charge in [0, 0.05) is 27.6 Å². The van der Waals surface area contributed by atoms with Crippen molar-refractivity contribution in [2.75, 3.05) is 4.90 Å². The minimum atomic E-state index is -0.446. The molecular weight excluding hydrogens is 603 g/mol. The van der Waals surface area contributed by atoms with Crippen LogP contribution < -0.4 is 59.5 Å². The van der Waals surface area contributed by atoms with Gasteiger partial charge in [0.2, 0.25) is 0 Å². The Bertz CT molecular complexity index is 2430. The van der Waals surface area contributed by atoms with Gasteiger partial charge < -0.3 is 4.90 Å². The van der Waals surface area contributed by atoms with Gasteiger partial charge in [0.15, 0.2) is 0 Å². The summed E-state index contributed by atoms with van der Waals surface area (Å²) in [5.74, 6) is 0. The van der Waals surface area contributed by atoms with Crippen molar-refractivity contribution in [3.8, 4) is 22.3 Å². The Kier molecular flexibility index (Phi) is 7.54. The zero-order valence-corrected chi connectivity index (χ0v) is 29.1. The fraction of sp³-hybridized carbons (Fsp3) is 0.150. The van der Waals surface area contributed by atoms with Crippen molar-refractivity contribution in [3.05, 3.63) is 89.0 Å². The molecule has 0 saturated heterocycles. The number of fused-ring (bicyclic) bond motifs is 8. The Morgan fingerprint density at radius 1 is 0.392 bits per heavy atom. The maximum Gasteiger partial charge on any atom is 0.115 e. The van der Waals surface area contributed by atoms with Crippen LogP contribution in [0.25, 0.3) is 33.0 Å². The normalized spacial score (nSPS) is 14.6. The second-order valence-corrected chi connectivity index (χ2v) is 14.8. The summed E-state index contributed by atoms with van der Waals surface area (Å²) in [7, 11) is 65.5. The lowest BCUT2D eigenvalue weighted by Gasteiger charge is -2.38. The summed E-state index contributed by atoms with van der Waals surface area (Å²) in [6.45, 7) is 9.06. The molecule has 0 bridgehead atoms. The van der Waals surface area contributed by atoms with E-state index in [0.717, 1.165) is 21.9 Å². The van der Waals surface area contributed by atoms with Crippen LogP contribution in [0.15, 0.2) is 66.7 Å². The first-order chi connectivity index (χ1) is 24.0. The molecule has 0 amide bonds. The van der Waals surface area contributed by atoms with Gasteiger partial charge >= 0.3 is 0 Å². The van der Waals surface area contributed by atoms with E-state index in [1.807, 2.05) is 18.2 Å². The first kappa shape index (κ1) is 34.1. The van der Waals surface area contributed by atoms with Gasteiger partial charge in [-0.05, 0) is 68.1 Å². The zero-order valence-electron chi connectivity index (χ0n) is 29.1. The van der Waals surface area contributed by atoms with E-state index in [1.165, 1.54) is 33.4 Å². The SMILES string of the molecule is [B]c1c([B])c([B])c(N(c2c([B])c([B])c([B])c([B])c2[B])c2cc3c(c4ccccc24)-c2cc4c(cc2C3(C)C)-c2ccccc2C4(C)C)c([B])c1[B]. The van der Waals surface area contributed by atoms with E-state index in [4.69, 9.17) is 78.5 Å². The second kappa shape index (κ2) is 11.3. The maximum atomic E-state index is 6.78. The lowest BCUT2D eigenvalue weighted by Crippen LogP contribution is -2.59. The quantitative estimate of drug-likeness (QED) is 0.225.